The molecule has 2 aliphatic heterocycles. The summed E-state index contributed by atoms with van der Waals surface area (Å²) >= 11 is 1.21. The zero-order valence-electron chi connectivity index (χ0n) is 18.9. The van der Waals surface area contributed by atoms with Gasteiger partial charge in [-0.15, -0.1) is 11.3 Å². The van der Waals surface area contributed by atoms with E-state index in [-0.39, 0.29) is 35.6 Å². The highest BCUT2D eigenvalue weighted by atomic mass is 32.2. The normalized spacial score (nSPS) is 21.3. The molecule has 3 heterocycles. The highest BCUT2D eigenvalue weighted by Crippen LogP contribution is 2.39. The van der Waals surface area contributed by atoms with Crippen molar-refractivity contribution in [2.24, 2.45) is 0 Å². The summed E-state index contributed by atoms with van der Waals surface area (Å²) in [6.45, 7) is 3.41. The van der Waals surface area contributed by atoms with Gasteiger partial charge in [0.25, 0.3) is 10.0 Å². The van der Waals surface area contributed by atoms with Gasteiger partial charge in [-0.3, -0.25) is 0 Å². The Balaban J connectivity index is 1.49. The molecule has 6 nitrogen and oxygen atoms in total. The van der Waals surface area contributed by atoms with Crippen molar-refractivity contribution in [1.82, 2.24) is 4.31 Å². The second kappa shape index (κ2) is 9.63. The van der Waals surface area contributed by atoms with Crippen molar-refractivity contribution in [2.45, 2.75) is 42.3 Å². The van der Waals surface area contributed by atoms with Crippen LogP contribution in [-0.2, 0) is 20.9 Å². The molecule has 1 atom stereocenters. The maximum Gasteiger partial charge on any atom is 0.418 e. The van der Waals surface area contributed by atoms with Crippen LogP contribution in [-0.4, -0.2) is 64.7 Å². The monoisotopic (exact) mass is 521 g/mol. The standard InChI is InChI=1S/C22H27F4N3O3S2/c1-15-14-28(19-4-3-16(23)13-18(19)22(24,25)26)11-12-29(15)34(30,31)21-6-5-20(33-21)27-9-7-17(32-2)8-10-27/h3-6,13,15,17H,7-12,14H2,1-2H3/t15-/m1/s1. The van der Waals surface area contributed by atoms with Crippen LogP contribution in [0.25, 0.3) is 0 Å². The molecule has 0 spiro atoms. The van der Waals surface area contributed by atoms with E-state index >= 15 is 0 Å². The number of benzene rings is 1. The van der Waals surface area contributed by atoms with Crippen molar-refractivity contribution >= 4 is 32.0 Å². The molecule has 12 heteroatoms. The molecule has 4 rings (SSSR count). The first-order chi connectivity index (χ1) is 16.0. The van der Waals surface area contributed by atoms with Gasteiger partial charge in [0.2, 0.25) is 0 Å². The quantitative estimate of drug-likeness (QED) is 0.546. The Bertz CT molecular complexity index is 1110. The van der Waals surface area contributed by atoms with E-state index in [2.05, 4.69) is 4.90 Å². The third-order valence-corrected chi connectivity index (χ3v) is 10.0. The molecule has 0 N–H and O–H groups in total. The third kappa shape index (κ3) is 5.05. The van der Waals surface area contributed by atoms with Gasteiger partial charge in [-0.2, -0.15) is 17.5 Å². The van der Waals surface area contributed by atoms with Gasteiger partial charge in [-0.25, -0.2) is 12.8 Å². The van der Waals surface area contributed by atoms with E-state index in [0.29, 0.717) is 6.07 Å². The predicted octanol–water partition coefficient (Wildman–Crippen LogP) is 4.42. The summed E-state index contributed by atoms with van der Waals surface area (Å²) in [6.07, 6.45) is -2.75. The molecule has 0 aliphatic carbocycles. The summed E-state index contributed by atoms with van der Waals surface area (Å²) in [5.74, 6) is -0.967. The van der Waals surface area contributed by atoms with Crippen LogP contribution >= 0.6 is 11.3 Å². The number of sulfonamides is 1. The minimum absolute atomic E-state index is 0.0324. The smallest absolute Gasteiger partial charge is 0.381 e. The Hall–Kier alpha value is -1.89. The number of methoxy groups -OCH3 is 1. The summed E-state index contributed by atoms with van der Waals surface area (Å²) in [7, 11) is -2.11. The Morgan fingerprint density at radius 1 is 1.03 bits per heavy atom. The first-order valence-corrected chi connectivity index (χ1v) is 13.3. The van der Waals surface area contributed by atoms with Crippen LogP contribution in [0.15, 0.2) is 34.5 Å². The van der Waals surface area contributed by atoms with E-state index in [1.165, 1.54) is 20.5 Å². The summed E-state index contributed by atoms with van der Waals surface area (Å²) in [5.41, 5.74) is -1.20. The molecule has 0 amide bonds. The molecule has 1 aromatic carbocycles. The van der Waals surface area contributed by atoms with Crippen molar-refractivity contribution in [3.63, 3.8) is 0 Å². The van der Waals surface area contributed by atoms with Gasteiger partial charge in [0.05, 0.1) is 16.7 Å². The van der Waals surface area contributed by atoms with Crippen LogP contribution in [0.3, 0.4) is 0 Å². The Labute approximate surface area is 200 Å². The molecule has 1 aromatic heterocycles. The maximum atomic E-state index is 13.5. The minimum atomic E-state index is -4.71. The number of nitrogens with zero attached hydrogens (tertiary/aromatic N) is 3. The molecule has 188 valence electrons. The van der Waals surface area contributed by atoms with Crippen LogP contribution in [0.1, 0.15) is 25.3 Å². The summed E-state index contributed by atoms with van der Waals surface area (Å²) < 4.78 is 87.5. The van der Waals surface area contributed by atoms with Crippen LogP contribution < -0.4 is 9.80 Å². The maximum absolute atomic E-state index is 13.5. The van der Waals surface area contributed by atoms with E-state index in [4.69, 9.17) is 4.74 Å². The van der Waals surface area contributed by atoms with Gasteiger partial charge in [0, 0.05) is 51.6 Å². The van der Waals surface area contributed by atoms with Crippen molar-refractivity contribution in [3.8, 4) is 0 Å². The van der Waals surface area contributed by atoms with E-state index in [1.54, 1.807) is 26.2 Å². The molecule has 2 fully saturated rings. The van der Waals surface area contributed by atoms with Gasteiger partial charge in [-0.05, 0) is 50.1 Å². The largest absolute Gasteiger partial charge is 0.418 e. The van der Waals surface area contributed by atoms with Gasteiger partial charge in [0.15, 0.2) is 0 Å². The number of piperazine rings is 1. The lowest BCUT2D eigenvalue weighted by Crippen LogP contribution is -2.54. The summed E-state index contributed by atoms with van der Waals surface area (Å²) in [4.78, 5) is 3.62. The fourth-order valence-electron chi connectivity index (χ4n) is 4.57. The molecule has 2 saturated heterocycles. The Morgan fingerprint density at radius 3 is 2.35 bits per heavy atom. The number of ether oxygens (including phenoxy) is 1. The van der Waals surface area contributed by atoms with Crippen LogP contribution in [0, 0.1) is 5.82 Å². The fraction of sp³-hybridized carbons (Fsp3) is 0.545. The number of halogens is 4. The predicted molar refractivity (Wildman–Crippen MR) is 124 cm³/mol. The van der Waals surface area contributed by atoms with E-state index in [1.807, 2.05) is 0 Å². The van der Waals surface area contributed by atoms with Gasteiger partial charge < -0.3 is 14.5 Å². The molecule has 0 unspecified atom stereocenters. The number of alkyl halides is 3. The van der Waals surface area contributed by atoms with Gasteiger partial charge in [-0.1, -0.05) is 0 Å². The first kappa shape index (κ1) is 25.2. The molecular formula is C22H27F4N3O3S2. The highest BCUT2D eigenvalue weighted by molar-refractivity contribution is 7.91. The van der Waals surface area contributed by atoms with Crippen molar-refractivity contribution < 1.29 is 30.7 Å². The summed E-state index contributed by atoms with van der Waals surface area (Å²) in [6, 6.07) is 5.41. The molecule has 0 bridgehead atoms. The average Bonchev–Trinajstić information content (AvgIpc) is 3.29. The zero-order chi connectivity index (χ0) is 24.7. The first-order valence-electron chi connectivity index (χ1n) is 11.0. The Morgan fingerprint density at radius 2 is 1.74 bits per heavy atom. The lowest BCUT2D eigenvalue weighted by Gasteiger charge is -2.40. The Kier molecular flexibility index (Phi) is 7.14. The number of thiophene rings is 1. The topological polar surface area (TPSA) is 53.1 Å². The third-order valence-electron chi connectivity index (χ3n) is 6.39. The zero-order valence-corrected chi connectivity index (χ0v) is 20.5. The lowest BCUT2D eigenvalue weighted by atomic mass is 10.1. The molecular weight excluding hydrogens is 494 g/mol. The van der Waals surface area contributed by atoms with E-state index < -0.39 is 33.6 Å². The van der Waals surface area contributed by atoms with Crippen LogP contribution in [0.2, 0.25) is 0 Å². The molecule has 2 aromatic rings. The number of piperidine rings is 1. The molecule has 2 aliphatic rings. The van der Waals surface area contributed by atoms with E-state index in [0.717, 1.165) is 43.1 Å². The molecule has 0 radical (unpaired) electrons. The molecule has 0 saturated carbocycles. The van der Waals surface area contributed by atoms with Crippen molar-refractivity contribution in [2.75, 3.05) is 49.6 Å². The van der Waals surface area contributed by atoms with Crippen molar-refractivity contribution in [3.05, 3.63) is 41.7 Å². The SMILES string of the molecule is COC1CCN(c2ccc(S(=O)(=O)N3CCN(c4ccc(F)cc4C(F)(F)F)C[C@H]3C)s2)CC1. The number of hydrogen-bond donors (Lipinski definition) is 0. The molecule has 34 heavy (non-hydrogen) atoms. The van der Waals surface area contributed by atoms with E-state index in [9.17, 15) is 26.0 Å². The average molecular weight is 522 g/mol. The second-order valence-electron chi connectivity index (χ2n) is 8.58. The fourth-order valence-corrected chi connectivity index (χ4v) is 7.66. The highest BCUT2D eigenvalue weighted by Gasteiger charge is 2.39. The number of rotatable bonds is 5. The number of hydrogen-bond acceptors (Lipinski definition) is 6. The summed E-state index contributed by atoms with van der Waals surface area (Å²) in [5, 5.41) is 0.876. The number of anilines is 2. The van der Waals surface area contributed by atoms with Crippen molar-refractivity contribution in [1.29, 1.82) is 0 Å². The van der Waals surface area contributed by atoms with Crippen LogP contribution in [0.4, 0.5) is 28.3 Å². The van der Waals surface area contributed by atoms with Gasteiger partial charge >= 0.3 is 6.18 Å². The minimum Gasteiger partial charge on any atom is -0.381 e. The van der Waals surface area contributed by atoms with Crippen LogP contribution in [0.5, 0.6) is 0 Å². The van der Waals surface area contributed by atoms with Gasteiger partial charge in [0.1, 0.15) is 10.0 Å². The second-order valence-corrected chi connectivity index (χ2v) is 11.8. The lowest BCUT2D eigenvalue weighted by molar-refractivity contribution is -0.137.